The number of nitrogens with one attached hydrogen (secondary N) is 1. The molecule has 0 bridgehead atoms. The van der Waals surface area contributed by atoms with Crippen molar-refractivity contribution in [3.05, 3.63) is 131 Å². The third kappa shape index (κ3) is 7.59. The molecule has 1 aliphatic rings. The quantitative estimate of drug-likeness (QED) is 0.134. The summed E-state index contributed by atoms with van der Waals surface area (Å²) in [5, 5.41) is 4.17. The minimum absolute atomic E-state index is 0.0412. The summed E-state index contributed by atoms with van der Waals surface area (Å²) in [6.45, 7) is 0.919. The zero-order valence-electron chi connectivity index (χ0n) is 26.1. The largest absolute Gasteiger partial charge is 0.490 e. The lowest BCUT2D eigenvalue weighted by Crippen LogP contribution is -2.34. The average Bonchev–Trinajstić information content (AvgIpc) is 3.56. The summed E-state index contributed by atoms with van der Waals surface area (Å²) < 4.78 is 66.8. The zero-order valence-corrected chi connectivity index (χ0v) is 27.6. The molecule has 5 aromatic rings. The minimum Gasteiger partial charge on any atom is -0.490 e. The average molecular weight is 691 g/mol. The SMILES string of the molecule is CN(CCC1(c2cc3c(Nc4ccc(OCc5cccc(F)c5)c(Cl)c4)ncnc3cc2F)CC=CO1)CCS(=O)(=O)c1ccccc1. The Labute approximate surface area is 282 Å². The van der Waals surface area contributed by atoms with E-state index in [-0.39, 0.29) is 23.1 Å². The normalized spacial score (nSPS) is 15.9. The van der Waals surface area contributed by atoms with Gasteiger partial charge in [0.2, 0.25) is 0 Å². The van der Waals surface area contributed by atoms with Crippen molar-refractivity contribution >= 4 is 43.8 Å². The van der Waals surface area contributed by atoms with Crippen molar-refractivity contribution in [2.24, 2.45) is 0 Å². The number of aromatic nitrogens is 2. The van der Waals surface area contributed by atoms with Crippen LogP contribution >= 0.6 is 11.6 Å². The smallest absolute Gasteiger partial charge is 0.179 e. The van der Waals surface area contributed by atoms with Gasteiger partial charge in [0.25, 0.3) is 0 Å². The molecule has 48 heavy (non-hydrogen) atoms. The maximum Gasteiger partial charge on any atom is 0.179 e. The first kappa shape index (κ1) is 33.3. The monoisotopic (exact) mass is 690 g/mol. The van der Waals surface area contributed by atoms with Crippen LogP contribution in [0.2, 0.25) is 5.02 Å². The van der Waals surface area contributed by atoms with Crippen molar-refractivity contribution in [2.75, 3.05) is 31.2 Å². The molecule has 248 valence electrons. The van der Waals surface area contributed by atoms with E-state index in [1.165, 1.54) is 24.5 Å². The van der Waals surface area contributed by atoms with Crippen molar-refractivity contribution in [1.29, 1.82) is 0 Å². The Morgan fingerprint density at radius 3 is 2.58 bits per heavy atom. The molecule has 0 fully saturated rings. The minimum atomic E-state index is -3.44. The van der Waals surface area contributed by atoms with Crippen molar-refractivity contribution in [3.8, 4) is 5.75 Å². The number of benzene rings is 4. The highest BCUT2D eigenvalue weighted by molar-refractivity contribution is 7.91. The molecule has 1 unspecified atom stereocenters. The van der Waals surface area contributed by atoms with Gasteiger partial charge in [0.05, 0.1) is 27.4 Å². The van der Waals surface area contributed by atoms with Gasteiger partial charge in [-0.3, -0.25) is 0 Å². The molecule has 0 radical (unpaired) electrons. The van der Waals surface area contributed by atoms with E-state index in [2.05, 4.69) is 15.3 Å². The number of rotatable bonds is 13. The molecule has 1 aliphatic heterocycles. The summed E-state index contributed by atoms with van der Waals surface area (Å²) in [7, 11) is -1.60. The van der Waals surface area contributed by atoms with Crippen LogP contribution in [0.1, 0.15) is 24.0 Å². The van der Waals surface area contributed by atoms with Crippen LogP contribution in [0, 0.1) is 11.6 Å². The number of halogens is 3. The molecule has 0 spiro atoms. The first-order chi connectivity index (χ1) is 23.1. The molecule has 0 amide bonds. The van der Waals surface area contributed by atoms with Gasteiger partial charge in [0, 0.05) is 48.6 Å². The third-order valence-corrected chi connectivity index (χ3v) is 10.3. The Morgan fingerprint density at radius 2 is 1.83 bits per heavy atom. The van der Waals surface area contributed by atoms with Gasteiger partial charge in [-0.15, -0.1) is 0 Å². The van der Waals surface area contributed by atoms with Crippen LogP contribution in [-0.2, 0) is 26.8 Å². The van der Waals surface area contributed by atoms with Crippen LogP contribution in [0.3, 0.4) is 0 Å². The van der Waals surface area contributed by atoms with Crippen molar-refractivity contribution in [2.45, 2.75) is 29.9 Å². The molecule has 0 saturated carbocycles. The summed E-state index contributed by atoms with van der Waals surface area (Å²) in [6.07, 6.45) is 5.63. The van der Waals surface area contributed by atoms with Gasteiger partial charge >= 0.3 is 0 Å². The van der Waals surface area contributed by atoms with Gasteiger partial charge in [0.15, 0.2) is 9.84 Å². The number of fused-ring (bicyclic) bond motifs is 1. The molecule has 8 nitrogen and oxygen atoms in total. The Morgan fingerprint density at radius 1 is 1.00 bits per heavy atom. The maximum atomic E-state index is 15.8. The molecule has 1 N–H and O–H groups in total. The van der Waals surface area contributed by atoms with E-state index >= 15 is 4.39 Å². The van der Waals surface area contributed by atoms with Gasteiger partial charge in [-0.2, -0.15) is 0 Å². The number of ether oxygens (including phenoxy) is 2. The number of hydrogen-bond acceptors (Lipinski definition) is 8. The van der Waals surface area contributed by atoms with E-state index in [1.807, 2.05) is 18.0 Å². The highest BCUT2D eigenvalue weighted by Gasteiger charge is 2.38. The summed E-state index contributed by atoms with van der Waals surface area (Å²) in [5.41, 5.74) is 1.04. The zero-order chi connectivity index (χ0) is 33.7. The molecule has 1 aromatic heterocycles. The second-order valence-electron chi connectivity index (χ2n) is 11.6. The van der Waals surface area contributed by atoms with Crippen LogP contribution < -0.4 is 10.1 Å². The number of hydrogen-bond donors (Lipinski definition) is 1. The van der Waals surface area contributed by atoms with E-state index in [1.54, 1.807) is 73.0 Å². The van der Waals surface area contributed by atoms with Crippen molar-refractivity contribution in [3.63, 3.8) is 0 Å². The first-order valence-corrected chi connectivity index (χ1v) is 17.3. The Hall–Kier alpha value is -4.58. The highest BCUT2D eigenvalue weighted by Crippen LogP contribution is 2.41. The van der Waals surface area contributed by atoms with Crippen LogP contribution in [0.15, 0.2) is 108 Å². The second-order valence-corrected chi connectivity index (χ2v) is 14.1. The maximum absolute atomic E-state index is 15.8. The van der Waals surface area contributed by atoms with E-state index in [0.29, 0.717) is 70.2 Å². The van der Waals surface area contributed by atoms with Gasteiger partial charge in [-0.05, 0) is 67.2 Å². The molecule has 4 aromatic carbocycles. The molecule has 0 saturated heterocycles. The lowest BCUT2D eigenvalue weighted by atomic mass is 9.86. The fourth-order valence-electron chi connectivity index (χ4n) is 5.59. The topological polar surface area (TPSA) is 93.7 Å². The van der Waals surface area contributed by atoms with Gasteiger partial charge in [-0.1, -0.05) is 41.9 Å². The second kappa shape index (κ2) is 14.3. The fraction of sp³-hybridized carbons (Fsp3) is 0.222. The van der Waals surface area contributed by atoms with Crippen LogP contribution in [0.5, 0.6) is 5.75 Å². The summed E-state index contributed by atoms with van der Waals surface area (Å²) >= 11 is 6.52. The molecular formula is C36H33ClF2N4O4S. The van der Waals surface area contributed by atoms with Crippen LogP contribution in [-0.4, -0.2) is 49.2 Å². The van der Waals surface area contributed by atoms with Gasteiger partial charge in [-0.25, -0.2) is 27.2 Å². The predicted octanol–water partition coefficient (Wildman–Crippen LogP) is 7.81. The predicted molar refractivity (Wildman–Crippen MR) is 182 cm³/mol. The van der Waals surface area contributed by atoms with Crippen LogP contribution in [0.25, 0.3) is 10.9 Å². The Bertz CT molecular complexity index is 2060. The van der Waals surface area contributed by atoms with Crippen molar-refractivity contribution in [1.82, 2.24) is 14.9 Å². The molecule has 2 heterocycles. The third-order valence-electron chi connectivity index (χ3n) is 8.27. The van der Waals surface area contributed by atoms with Crippen LogP contribution in [0.4, 0.5) is 20.3 Å². The lowest BCUT2D eigenvalue weighted by molar-refractivity contribution is 0.0217. The van der Waals surface area contributed by atoms with Crippen molar-refractivity contribution < 1.29 is 26.7 Å². The van der Waals surface area contributed by atoms with E-state index in [0.717, 1.165) is 0 Å². The molecular weight excluding hydrogens is 658 g/mol. The molecule has 1 atom stereocenters. The van der Waals surface area contributed by atoms with E-state index in [4.69, 9.17) is 21.1 Å². The Kier molecular flexibility index (Phi) is 9.91. The fourth-order valence-corrected chi connectivity index (χ4v) is 7.18. The van der Waals surface area contributed by atoms with E-state index < -0.39 is 21.3 Å². The molecule has 6 rings (SSSR count). The number of nitrogens with zero attached hydrogens (tertiary/aromatic N) is 3. The first-order valence-electron chi connectivity index (χ1n) is 15.3. The summed E-state index contributed by atoms with van der Waals surface area (Å²) in [6, 6.07) is 22.7. The Balaban J connectivity index is 1.18. The number of anilines is 2. The summed E-state index contributed by atoms with van der Waals surface area (Å²) in [4.78, 5) is 10.9. The lowest BCUT2D eigenvalue weighted by Gasteiger charge is -2.32. The van der Waals surface area contributed by atoms with Gasteiger partial charge < -0.3 is 19.7 Å². The molecule has 12 heteroatoms. The number of sulfone groups is 1. The van der Waals surface area contributed by atoms with E-state index in [9.17, 15) is 12.8 Å². The molecule has 0 aliphatic carbocycles. The van der Waals surface area contributed by atoms with Gasteiger partial charge in [0.1, 0.15) is 41.7 Å². The standard InChI is InChI=1S/C36H33ClF2N4O4S/c1-43(16-18-48(44,45)28-9-3-2-4-10-28)15-14-36(13-6-17-47-36)30-21-29-33(22-32(30)39)40-24-41-35(29)42-27-11-12-34(31(37)20-27)46-23-25-7-5-8-26(38)19-25/h2-12,17,19-22,24H,13-16,18,23H2,1H3,(H,40,41,42). The highest BCUT2D eigenvalue weighted by atomic mass is 35.5. The summed E-state index contributed by atoms with van der Waals surface area (Å²) in [5.74, 6) is 0.0189.